The summed E-state index contributed by atoms with van der Waals surface area (Å²) in [4.78, 5) is 13.5. The van der Waals surface area contributed by atoms with Crippen LogP contribution < -0.4 is 10.5 Å². The summed E-state index contributed by atoms with van der Waals surface area (Å²) in [7, 11) is -3.69. The number of sulfonamides is 1. The van der Waals surface area contributed by atoms with Gasteiger partial charge < -0.3 is 5.32 Å². The van der Waals surface area contributed by atoms with Crippen molar-refractivity contribution in [1.29, 1.82) is 0 Å². The molecule has 10 heteroatoms. The number of primary sulfonamides is 1. The lowest BCUT2D eigenvalue weighted by atomic mass is 10.1. The summed E-state index contributed by atoms with van der Waals surface area (Å²) in [6, 6.07) is 8.39. The molecule has 142 valence electrons. The zero-order chi connectivity index (χ0) is 19.6. The number of benzene rings is 1. The van der Waals surface area contributed by atoms with Gasteiger partial charge in [-0.3, -0.25) is 0 Å². The van der Waals surface area contributed by atoms with Crippen LogP contribution in [0.3, 0.4) is 0 Å². The smallest absolute Gasteiger partial charge is 0.238 e. The molecular weight excluding hydrogens is 414 g/mol. The van der Waals surface area contributed by atoms with Gasteiger partial charge in [0.25, 0.3) is 0 Å². The second kappa shape index (κ2) is 7.76. The number of hydrogen-bond donors (Lipinski definition) is 2. The first-order valence-electron chi connectivity index (χ1n) is 8.16. The minimum absolute atomic E-state index is 0.0821. The number of anilines is 1. The molecule has 1 aromatic carbocycles. The van der Waals surface area contributed by atoms with Crippen molar-refractivity contribution in [3.63, 3.8) is 0 Å². The van der Waals surface area contributed by atoms with Crippen LogP contribution in [0.5, 0.6) is 0 Å². The molecule has 0 spiro atoms. The molecule has 0 saturated carbocycles. The van der Waals surface area contributed by atoms with Crippen LogP contribution in [-0.2, 0) is 16.6 Å². The van der Waals surface area contributed by atoms with Gasteiger partial charge in [-0.1, -0.05) is 12.1 Å². The average molecular weight is 430 g/mol. The molecular formula is C18H15N5O2S3. The number of thiophene rings is 1. The third-order valence-corrected chi connectivity index (χ3v) is 6.35. The Morgan fingerprint density at radius 3 is 2.54 bits per heavy atom. The van der Waals surface area contributed by atoms with Gasteiger partial charge in [0.05, 0.1) is 4.90 Å². The Morgan fingerprint density at radius 2 is 1.89 bits per heavy atom. The topological polar surface area (TPSA) is 111 Å². The van der Waals surface area contributed by atoms with Crippen LogP contribution in [0, 0.1) is 0 Å². The second-order valence-electron chi connectivity index (χ2n) is 5.85. The van der Waals surface area contributed by atoms with Gasteiger partial charge in [-0.25, -0.2) is 28.5 Å². The lowest BCUT2D eigenvalue weighted by molar-refractivity contribution is 0.598. The summed E-state index contributed by atoms with van der Waals surface area (Å²) in [5, 5.41) is 15.1. The highest BCUT2D eigenvalue weighted by molar-refractivity contribution is 7.89. The van der Waals surface area contributed by atoms with E-state index in [1.54, 1.807) is 35.9 Å². The van der Waals surface area contributed by atoms with E-state index in [0.29, 0.717) is 12.5 Å². The molecule has 0 aliphatic heterocycles. The van der Waals surface area contributed by atoms with Crippen molar-refractivity contribution in [3.8, 4) is 21.8 Å². The molecule has 3 heterocycles. The van der Waals surface area contributed by atoms with Gasteiger partial charge >= 0.3 is 0 Å². The van der Waals surface area contributed by atoms with Gasteiger partial charge in [-0.15, -0.1) is 11.3 Å². The molecule has 0 bridgehead atoms. The predicted molar refractivity (Wildman–Crippen MR) is 112 cm³/mol. The van der Waals surface area contributed by atoms with Crippen molar-refractivity contribution in [2.24, 2.45) is 5.14 Å². The van der Waals surface area contributed by atoms with E-state index in [1.165, 1.54) is 23.5 Å². The zero-order valence-electron chi connectivity index (χ0n) is 14.4. The first-order valence-corrected chi connectivity index (χ1v) is 11.5. The van der Waals surface area contributed by atoms with E-state index < -0.39 is 10.0 Å². The fourth-order valence-corrected chi connectivity index (χ4v) is 4.39. The molecule has 0 amide bonds. The Balaban J connectivity index is 1.58. The molecule has 0 fully saturated rings. The minimum Gasteiger partial charge on any atom is -0.350 e. The van der Waals surface area contributed by atoms with Crippen LogP contribution >= 0.6 is 22.7 Å². The fraction of sp³-hybridized carbons (Fsp3) is 0.0556. The van der Waals surface area contributed by atoms with Gasteiger partial charge in [0.2, 0.25) is 16.0 Å². The standard InChI is InChI=1S/C18H15N5O2S3/c19-28(24,25)14-3-1-12(2-4-14)9-21-18-22-10-15(13-5-7-26-11-13)16(23-18)17-20-6-8-27-17/h1-8,10-11H,9H2,(H2,19,24,25)(H,21,22,23). The van der Waals surface area contributed by atoms with E-state index in [1.807, 2.05) is 16.8 Å². The second-order valence-corrected chi connectivity index (χ2v) is 9.08. The van der Waals surface area contributed by atoms with E-state index in [9.17, 15) is 8.42 Å². The van der Waals surface area contributed by atoms with Crippen molar-refractivity contribution in [2.45, 2.75) is 11.4 Å². The van der Waals surface area contributed by atoms with Gasteiger partial charge in [0.1, 0.15) is 10.7 Å². The Bertz CT molecular complexity index is 1170. The van der Waals surface area contributed by atoms with Gasteiger partial charge in [-0.2, -0.15) is 11.3 Å². The summed E-state index contributed by atoms with van der Waals surface area (Å²) in [5.41, 5.74) is 3.64. The van der Waals surface area contributed by atoms with Crippen LogP contribution in [0.25, 0.3) is 21.8 Å². The van der Waals surface area contributed by atoms with E-state index in [-0.39, 0.29) is 4.90 Å². The van der Waals surface area contributed by atoms with Gasteiger partial charge in [0, 0.05) is 29.9 Å². The zero-order valence-corrected chi connectivity index (χ0v) is 16.9. The van der Waals surface area contributed by atoms with Gasteiger partial charge in [-0.05, 0) is 40.1 Å². The highest BCUT2D eigenvalue weighted by Gasteiger charge is 2.14. The first kappa shape index (κ1) is 18.7. The van der Waals surface area contributed by atoms with Crippen molar-refractivity contribution in [1.82, 2.24) is 15.0 Å². The molecule has 0 aliphatic carbocycles. The SMILES string of the molecule is NS(=O)(=O)c1ccc(CNc2ncc(-c3ccsc3)c(-c3nccs3)n2)cc1. The Kier molecular flexibility index (Phi) is 5.18. The highest BCUT2D eigenvalue weighted by Crippen LogP contribution is 2.33. The molecule has 3 aromatic heterocycles. The van der Waals surface area contributed by atoms with E-state index in [0.717, 1.165) is 27.4 Å². The maximum atomic E-state index is 11.3. The number of nitrogens with two attached hydrogens (primary N) is 1. The molecule has 0 unspecified atom stereocenters. The Morgan fingerprint density at radius 1 is 1.07 bits per heavy atom. The van der Waals surface area contributed by atoms with Gasteiger partial charge in [0.15, 0.2) is 0 Å². The summed E-state index contributed by atoms with van der Waals surface area (Å²) >= 11 is 3.14. The number of aromatic nitrogens is 3. The number of hydrogen-bond acceptors (Lipinski definition) is 8. The Labute approximate surface area is 170 Å². The lowest BCUT2D eigenvalue weighted by Crippen LogP contribution is -2.12. The molecule has 7 nitrogen and oxygen atoms in total. The number of nitrogens with one attached hydrogen (secondary N) is 1. The molecule has 4 aromatic rings. The van der Waals surface area contributed by atoms with Crippen LogP contribution in [0.4, 0.5) is 5.95 Å². The minimum atomic E-state index is -3.69. The normalized spacial score (nSPS) is 11.5. The van der Waals surface area contributed by atoms with Crippen LogP contribution in [0.15, 0.2) is 63.8 Å². The van der Waals surface area contributed by atoms with Crippen molar-refractivity contribution < 1.29 is 8.42 Å². The van der Waals surface area contributed by atoms with Crippen molar-refractivity contribution in [3.05, 3.63) is 64.4 Å². The lowest BCUT2D eigenvalue weighted by Gasteiger charge is -2.09. The number of nitrogens with zero attached hydrogens (tertiary/aromatic N) is 3. The summed E-state index contributed by atoms with van der Waals surface area (Å²) in [6.07, 6.45) is 3.54. The molecule has 28 heavy (non-hydrogen) atoms. The fourth-order valence-electron chi connectivity index (χ4n) is 2.58. The third kappa shape index (κ3) is 4.09. The maximum Gasteiger partial charge on any atom is 0.238 e. The van der Waals surface area contributed by atoms with Crippen molar-refractivity contribution >= 4 is 38.6 Å². The quantitative estimate of drug-likeness (QED) is 0.485. The van der Waals surface area contributed by atoms with Crippen molar-refractivity contribution in [2.75, 3.05) is 5.32 Å². The highest BCUT2D eigenvalue weighted by atomic mass is 32.2. The molecule has 0 saturated heterocycles. The molecule has 3 N–H and O–H groups in total. The molecule has 4 rings (SSSR count). The van der Waals surface area contributed by atoms with Crippen LogP contribution in [0.1, 0.15) is 5.56 Å². The Hall–Kier alpha value is -2.66. The molecule has 0 radical (unpaired) electrons. The summed E-state index contributed by atoms with van der Waals surface area (Å²) < 4.78 is 22.7. The molecule has 0 atom stereocenters. The first-order chi connectivity index (χ1) is 13.5. The number of rotatable bonds is 6. The van der Waals surface area contributed by atoms with Crippen LogP contribution in [0.2, 0.25) is 0 Å². The number of thiazole rings is 1. The third-order valence-electron chi connectivity index (χ3n) is 3.96. The maximum absolute atomic E-state index is 11.3. The summed E-state index contributed by atoms with van der Waals surface area (Å²) in [6.45, 7) is 0.444. The van der Waals surface area contributed by atoms with E-state index in [2.05, 4.69) is 25.6 Å². The van der Waals surface area contributed by atoms with Crippen LogP contribution in [-0.4, -0.2) is 23.4 Å². The largest absolute Gasteiger partial charge is 0.350 e. The van der Waals surface area contributed by atoms with E-state index >= 15 is 0 Å². The van der Waals surface area contributed by atoms with E-state index in [4.69, 9.17) is 5.14 Å². The average Bonchev–Trinajstić information content (AvgIpc) is 3.39. The summed E-state index contributed by atoms with van der Waals surface area (Å²) in [5.74, 6) is 0.472. The predicted octanol–water partition coefficient (Wildman–Crippen LogP) is 3.59. The molecule has 0 aliphatic rings. The monoisotopic (exact) mass is 429 g/mol.